The largest absolute Gasteiger partial charge is 0.457 e. The number of para-hydroxylation sites is 1. The lowest BCUT2D eigenvalue weighted by molar-refractivity contribution is 0.476. The molecule has 0 heterocycles. The van der Waals surface area contributed by atoms with Crippen LogP contribution in [0, 0.1) is 0 Å². The van der Waals surface area contributed by atoms with Gasteiger partial charge in [-0.3, -0.25) is 0 Å². The van der Waals surface area contributed by atoms with Crippen molar-refractivity contribution in [1.29, 1.82) is 0 Å². The average Bonchev–Trinajstić information content (AvgIpc) is 2.39. The molecule has 0 atom stereocenters. The summed E-state index contributed by atoms with van der Waals surface area (Å²) in [7, 11) is 0. The number of benzene rings is 2. The monoisotopic (exact) mass is 305 g/mol. The average molecular weight is 306 g/mol. The molecule has 18 heavy (non-hydrogen) atoms. The Bertz CT molecular complexity index is 540. The number of hydrogen-bond acceptors (Lipinski definition) is 2. The molecule has 0 bridgehead atoms. The lowest BCUT2D eigenvalue weighted by Gasteiger charge is -2.11. The molecular weight excluding hydrogens is 290 g/mol. The summed E-state index contributed by atoms with van der Waals surface area (Å²) in [6.07, 6.45) is 0.957. The van der Waals surface area contributed by atoms with Crippen LogP contribution in [0.15, 0.2) is 46.9 Å². The lowest BCUT2D eigenvalue weighted by Crippen LogP contribution is -1.97. The maximum Gasteiger partial charge on any atom is 0.130 e. The zero-order chi connectivity index (χ0) is 13.0. The van der Waals surface area contributed by atoms with Gasteiger partial charge in [0, 0.05) is 11.0 Å². The second-order valence-corrected chi connectivity index (χ2v) is 4.88. The van der Waals surface area contributed by atoms with Crippen molar-refractivity contribution >= 4 is 15.9 Å². The highest BCUT2D eigenvalue weighted by Gasteiger charge is 2.04. The van der Waals surface area contributed by atoms with Crippen molar-refractivity contribution in [3.63, 3.8) is 0 Å². The summed E-state index contributed by atoms with van der Waals surface area (Å²) in [6, 6.07) is 14.0. The Morgan fingerprint density at radius 3 is 2.56 bits per heavy atom. The second-order valence-electron chi connectivity index (χ2n) is 4.02. The van der Waals surface area contributed by atoms with E-state index in [1.807, 2.05) is 36.4 Å². The first kappa shape index (κ1) is 13.1. The van der Waals surface area contributed by atoms with Gasteiger partial charge in [-0.05, 0) is 35.7 Å². The van der Waals surface area contributed by atoms with Crippen molar-refractivity contribution in [2.45, 2.75) is 19.9 Å². The molecular formula is C15H16BrNO. The molecule has 0 radical (unpaired) electrons. The minimum absolute atomic E-state index is 0.520. The summed E-state index contributed by atoms with van der Waals surface area (Å²) >= 11 is 3.50. The smallest absolute Gasteiger partial charge is 0.130 e. The van der Waals surface area contributed by atoms with Gasteiger partial charge in [-0.2, -0.15) is 0 Å². The van der Waals surface area contributed by atoms with E-state index in [0.717, 1.165) is 28.0 Å². The van der Waals surface area contributed by atoms with Crippen LogP contribution in [0.25, 0.3) is 0 Å². The Balaban J connectivity index is 2.26. The van der Waals surface area contributed by atoms with Crippen molar-refractivity contribution in [3.05, 3.63) is 58.1 Å². The van der Waals surface area contributed by atoms with Crippen molar-refractivity contribution in [2.75, 3.05) is 0 Å². The van der Waals surface area contributed by atoms with Crippen LogP contribution in [-0.2, 0) is 13.0 Å². The van der Waals surface area contributed by atoms with Crippen LogP contribution in [0.4, 0.5) is 0 Å². The van der Waals surface area contributed by atoms with E-state index in [1.54, 1.807) is 0 Å². The van der Waals surface area contributed by atoms with E-state index >= 15 is 0 Å². The third-order valence-corrected chi connectivity index (χ3v) is 3.56. The summed E-state index contributed by atoms with van der Waals surface area (Å²) in [6.45, 7) is 2.64. The molecule has 0 fully saturated rings. The Kier molecular flexibility index (Phi) is 4.39. The Labute approximate surface area is 116 Å². The lowest BCUT2D eigenvalue weighted by atomic mass is 10.1. The van der Waals surface area contributed by atoms with E-state index in [4.69, 9.17) is 10.5 Å². The van der Waals surface area contributed by atoms with E-state index < -0.39 is 0 Å². The quantitative estimate of drug-likeness (QED) is 0.916. The molecule has 2 aromatic rings. The van der Waals surface area contributed by atoms with Crippen LogP contribution in [0.1, 0.15) is 18.1 Å². The Hall–Kier alpha value is -1.32. The normalized spacial score (nSPS) is 10.4. The van der Waals surface area contributed by atoms with Gasteiger partial charge in [0.15, 0.2) is 0 Å². The summed E-state index contributed by atoms with van der Waals surface area (Å²) in [5.74, 6) is 1.73. The van der Waals surface area contributed by atoms with Gasteiger partial charge < -0.3 is 10.5 Å². The number of halogens is 1. The molecule has 0 saturated heterocycles. The van der Waals surface area contributed by atoms with Gasteiger partial charge in [-0.1, -0.05) is 47.1 Å². The van der Waals surface area contributed by atoms with Gasteiger partial charge in [0.1, 0.15) is 11.5 Å². The van der Waals surface area contributed by atoms with Gasteiger partial charge in [0.25, 0.3) is 0 Å². The van der Waals surface area contributed by atoms with Gasteiger partial charge in [-0.25, -0.2) is 0 Å². The minimum atomic E-state index is 0.520. The Morgan fingerprint density at radius 1 is 1.11 bits per heavy atom. The molecule has 2 N–H and O–H groups in total. The molecule has 0 aliphatic rings. The summed E-state index contributed by atoms with van der Waals surface area (Å²) in [4.78, 5) is 0. The third kappa shape index (κ3) is 2.92. The second kappa shape index (κ2) is 6.03. The van der Waals surface area contributed by atoms with Crippen molar-refractivity contribution < 1.29 is 4.74 Å². The molecule has 2 rings (SSSR count). The number of aryl methyl sites for hydroxylation is 1. The fourth-order valence-electron chi connectivity index (χ4n) is 1.78. The predicted molar refractivity (Wildman–Crippen MR) is 77.9 cm³/mol. The fourth-order valence-corrected chi connectivity index (χ4v) is 2.30. The van der Waals surface area contributed by atoms with Gasteiger partial charge in [0.2, 0.25) is 0 Å². The van der Waals surface area contributed by atoms with E-state index in [2.05, 4.69) is 28.9 Å². The topological polar surface area (TPSA) is 35.2 Å². The van der Waals surface area contributed by atoms with Crippen molar-refractivity contribution in [3.8, 4) is 11.5 Å². The minimum Gasteiger partial charge on any atom is -0.457 e. The van der Waals surface area contributed by atoms with Crippen molar-refractivity contribution in [2.24, 2.45) is 5.73 Å². The van der Waals surface area contributed by atoms with Crippen LogP contribution in [0.2, 0.25) is 0 Å². The molecule has 94 valence electrons. The first-order chi connectivity index (χ1) is 8.74. The zero-order valence-electron chi connectivity index (χ0n) is 10.3. The highest BCUT2D eigenvalue weighted by atomic mass is 79.9. The van der Waals surface area contributed by atoms with Crippen LogP contribution in [-0.4, -0.2) is 0 Å². The van der Waals surface area contributed by atoms with Crippen LogP contribution >= 0.6 is 15.9 Å². The molecule has 0 amide bonds. The standard InChI is InChI=1S/C15H16BrNO/c1-2-11-5-3-4-6-15(11)18-13-8-7-12(10-17)14(16)9-13/h3-9H,2,10,17H2,1H3. The van der Waals surface area contributed by atoms with Gasteiger partial charge in [-0.15, -0.1) is 0 Å². The van der Waals surface area contributed by atoms with Crippen molar-refractivity contribution in [1.82, 2.24) is 0 Å². The maximum atomic E-state index is 5.91. The van der Waals surface area contributed by atoms with E-state index in [9.17, 15) is 0 Å². The third-order valence-electron chi connectivity index (χ3n) is 2.83. The molecule has 2 nitrogen and oxygen atoms in total. The molecule has 2 aromatic carbocycles. The summed E-state index contributed by atoms with van der Waals surface area (Å²) in [5, 5.41) is 0. The first-order valence-corrected chi connectivity index (χ1v) is 6.78. The summed E-state index contributed by atoms with van der Waals surface area (Å²) in [5.41, 5.74) is 7.91. The highest BCUT2D eigenvalue weighted by molar-refractivity contribution is 9.10. The summed E-state index contributed by atoms with van der Waals surface area (Å²) < 4.78 is 6.89. The number of rotatable bonds is 4. The number of hydrogen-bond donors (Lipinski definition) is 1. The SMILES string of the molecule is CCc1ccccc1Oc1ccc(CN)c(Br)c1. The van der Waals surface area contributed by atoms with Crippen LogP contribution < -0.4 is 10.5 Å². The van der Waals surface area contributed by atoms with Gasteiger partial charge in [0.05, 0.1) is 0 Å². The molecule has 0 unspecified atom stereocenters. The zero-order valence-corrected chi connectivity index (χ0v) is 11.9. The number of ether oxygens (including phenoxy) is 1. The molecule has 0 saturated carbocycles. The van der Waals surface area contributed by atoms with Gasteiger partial charge >= 0.3 is 0 Å². The first-order valence-electron chi connectivity index (χ1n) is 5.99. The van der Waals surface area contributed by atoms with E-state index in [1.165, 1.54) is 5.56 Å². The fraction of sp³-hybridized carbons (Fsp3) is 0.200. The molecule has 0 aliphatic carbocycles. The molecule has 0 aromatic heterocycles. The molecule has 0 aliphatic heterocycles. The maximum absolute atomic E-state index is 5.91. The highest BCUT2D eigenvalue weighted by Crippen LogP contribution is 2.29. The van der Waals surface area contributed by atoms with Crippen LogP contribution in [0.3, 0.4) is 0 Å². The molecule has 0 spiro atoms. The molecule has 3 heteroatoms. The van der Waals surface area contributed by atoms with E-state index in [0.29, 0.717) is 6.54 Å². The van der Waals surface area contributed by atoms with Crippen LogP contribution in [0.5, 0.6) is 11.5 Å². The predicted octanol–water partition coefficient (Wildman–Crippen LogP) is 4.26. The Morgan fingerprint density at radius 2 is 1.89 bits per heavy atom. The van der Waals surface area contributed by atoms with E-state index in [-0.39, 0.29) is 0 Å². The number of nitrogens with two attached hydrogens (primary N) is 1.